The van der Waals surface area contributed by atoms with Gasteiger partial charge < -0.3 is 9.64 Å². The summed E-state index contributed by atoms with van der Waals surface area (Å²) in [7, 11) is 4.07. The molecule has 0 amide bonds. The highest BCUT2D eigenvalue weighted by Crippen LogP contribution is 2.56. The molecule has 2 saturated carbocycles. The van der Waals surface area contributed by atoms with E-state index in [1.807, 2.05) is 14.1 Å². The Morgan fingerprint density at radius 2 is 2.20 bits per heavy atom. The third-order valence-electron chi connectivity index (χ3n) is 5.88. The molecule has 3 rings (SSSR count). The zero-order chi connectivity index (χ0) is 14.5. The van der Waals surface area contributed by atoms with Crippen LogP contribution in [0.25, 0.3) is 0 Å². The molecule has 0 spiro atoms. The molecule has 0 N–H and O–H groups in total. The Balaban J connectivity index is 1.82. The van der Waals surface area contributed by atoms with Gasteiger partial charge in [0, 0.05) is 12.5 Å². The van der Waals surface area contributed by atoms with Gasteiger partial charge in [0.1, 0.15) is 6.10 Å². The summed E-state index contributed by atoms with van der Waals surface area (Å²) in [6.45, 7) is 7.52. The van der Waals surface area contributed by atoms with Crippen molar-refractivity contribution < 1.29 is 9.53 Å². The molecule has 0 aromatic heterocycles. The maximum absolute atomic E-state index is 12.2. The summed E-state index contributed by atoms with van der Waals surface area (Å²) in [6.07, 6.45) is 5.97. The van der Waals surface area contributed by atoms with Crippen LogP contribution in [0.2, 0.25) is 0 Å². The van der Waals surface area contributed by atoms with Crippen LogP contribution in [0.1, 0.15) is 39.0 Å². The van der Waals surface area contributed by atoms with Crippen molar-refractivity contribution in [3.63, 3.8) is 0 Å². The van der Waals surface area contributed by atoms with E-state index in [4.69, 9.17) is 4.74 Å². The average Bonchev–Trinajstić information content (AvgIpc) is 2.62. The fourth-order valence-electron chi connectivity index (χ4n) is 4.86. The molecule has 5 atom stereocenters. The molecule has 0 bridgehead atoms. The zero-order valence-electron chi connectivity index (χ0n) is 13.0. The lowest BCUT2D eigenvalue weighted by molar-refractivity contribution is -0.146. The topological polar surface area (TPSA) is 29.5 Å². The summed E-state index contributed by atoms with van der Waals surface area (Å²) in [4.78, 5) is 14.3. The molecule has 20 heavy (non-hydrogen) atoms. The highest BCUT2D eigenvalue weighted by atomic mass is 16.6. The molecule has 1 saturated heterocycles. The van der Waals surface area contributed by atoms with Crippen LogP contribution >= 0.6 is 0 Å². The second-order valence-corrected chi connectivity index (χ2v) is 7.67. The molecular weight excluding hydrogens is 250 g/mol. The highest BCUT2D eigenvalue weighted by Gasteiger charge is 2.54. The smallest absolute Gasteiger partial charge is 0.310 e. The van der Waals surface area contributed by atoms with E-state index in [9.17, 15) is 4.79 Å². The third kappa shape index (κ3) is 2.20. The molecule has 112 valence electrons. The van der Waals surface area contributed by atoms with Crippen LogP contribution in [-0.4, -0.2) is 37.6 Å². The van der Waals surface area contributed by atoms with E-state index in [1.54, 1.807) is 0 Å². The maximum Gasteiger partial charge on any atom is 0.310 e. The summed E-state index contributed by atoms with van der Waals surface area (Å²) in [6, 6.07) is 0. The second-order valence-electron chi connectivity index (χ2n) is 7.67. The number of carbonyl (C=O) groups excluding carboxylic acids is 1. The standard InChI is InChI=1S/C17H27NO2/c1-11-6-5-7-17(2)9-15-12(8-14(11)17)13(10-18(3)4)16(19)20-15/h12-15H,1,5-10H2,2-4H3/t12-,13+,14+,15-,17-/m1/s1. The van der Waals surface area contributed by atoms with E-state index >= 15 is 0 Å². The minimum Gasteiger partial charge on any atom is -0.462 e. The summed E-state index contributed by atoms with van der Waals surface area (Å²) in [5, 5.41) is 0. The quantitative estimate of drug-likeness (QED) is 0.574. The third-order valence-corrected chi connectivity index (χ3v) is 5.88. The average molecular weight is 277 g/mol. The fourth-order valence-corrected chi connectivity index (χ4v) is 4.86. The maximum atomic E-state index is 12.2. The summed E-state index contributed by atoms with van der Waals surface area (Å²) in [5.41, 5.74) is 1.73. The monoisotopic (exact) mass is 277 g/mol. The van der Waals surface area contributed by atoms with Crippen molar-refractivity contribution in [3.05, 3.63) is 12.2 Å². The summed E-state index contributed by atoms with van der Waals surface area (Å²) in [5.74, 6) is 1.09. The number of fused-ring (bicyclic) bond motifs is 2. The first-order valence-electron chi connectivity index (χ1n) is 7.93. The van der Waals surface area contributed by atoms with Gasteiger partial charge in [0.05, 0.1) is 5.92 Å². The van der Waals surface area contributed by atoms with Crippen molar-refractivity contribution in [2.24, 2.45) is 23.2 Å². The van der Waals surface area contributed by atoms with Crippen LogP contribution in [-0.2, 0) is 9.53 Å². The van der Waals surface area contributed by atoms with Gasteiger partial charge >= 0.3 is 5.97 Å². The number of carbonyl (C=O) groups is 1. The predicted molar refractivity (Wildman–Crippen MR) is 79.2 cm³/mol. The van der Waals surface area contributed by atoms with Gasteiger partial charge in [-0.05, 0) is 57.5 Å². The van der Waals surface area contributed by atoms with Crippen molar-refractivity contribution in [1.82, 2.24) is 4.90 Å². The number of esters is 1. The Hall–Kier alpha value is -0.830. The normalized spacial score (nSPS) is 44.2. The Bertz CT molecular complexity index is 431. The highest BCUT2D eigenvalue weighted by molar-refractivity contribution is 5.75. The van der Waals surface area contributed by atoms with Crippen LogP contribution in [0.3, 0.4) is 0 Å². The zero-order valence-corrected chi connectivity index (χ0v) is 13.0. The van der Waals surface area contributed by atoms with Gasteiger partial charge in [-0.15, -0.1) is 0 Å². The van der Waals surface area contributed by atoms with E-state index < -0.39 is 0 Å². The van der Waals surface area contributed by atoms with E-state index in [2.05, 4.69) is 18.4 Å². The predicted octanol–water partition coefficient (Wildman–Crippen LogP) is 2.86. The van der Waals surface area contributed by atoms with Gasteiger partial charge in [0.2, 0.25) is 0 Å². The van der Waals surface area contributed by atoms with E-state index in [-0.39, 0.29) is 18.0 Å². The molecule has 0 aromatic rings. The van der Waals surface area contributed by atoms with Crippen molar-refractivity contribution in [2.75, 3.05) is 20.6 Å². The number of nitrogens with zero attached hydrogens (tertiary/aromatic N) is 1. The van der Waals surface area contributed by atoms with Crippen LogP contribution in [0.5, 0.6) is 0 Å². The Kier molecular flexibility index (Phi) is 3.44. The fraction of sp³-hybridized carbons (Fsp3) is 0.824. The minimum absolute atomic E-state index is 0.0292. The summed E-state index contributed by atoms with van der Waals surface area (Å²) < 4.78 is 5.73. The largest absolute Gasteiger partial charge is 0.462 e. The molecule has 0 aromatic carbocycles. The lowest BCUT2D eigenvalue weighted by atomic mass is 9.55. The van der Waals surface area contributed by atoms with E-state index in [0.717, 1.165) is 19.4 Å². The van der Waals surface area contributed by atoms with E-state index in [1.165, 1.54) is 24.8 Å². The van der Waals surface area contributed by atoms with Crippen molar-refractivity contribution >= 4 is 5.97 Å². The number of allylic oxidation sites excluding steroid dienone is 1. The van der Waals surface area contributed by atoms with Crippen molar-refractivity contribution in [3.8, 4) is 0 Å². The van der Waals surface area contributed by atoms with Gasteiger partial charge in [-0.25, -0.2) is 0 Å². The first-order chi connectivity index (χ1) is 9.40. The SMILES string of the molecule is C=C1CCC[C@]2(C)C[C@H]3OC(=O)[C@@H](CN(C)C)[C@H]3C[C@@H]12. The van der Waals surface area contributed by atoms with Crippen molar-refractivity contribution in [1.29, 1.82) is 0 Å². The lowest BCUT2D eigenvalue weighted by Crippen LogP contribution is -2.45. The number of ether oxygens (including phenoxy) is 1. The Morgan fingerprint density at radius 1 is 1.45 bits per heavy atom. The summed E-state index contributed by atoms with van der Waals surface area (Å²) >= 11 is 0. The van der Waals surface area contributed by atoms with Crippen LogP contribution in [0.15, 0.2) is 12.2 Å². The molecule has 2 aliphatic carbocycles. The van der Waals surface area contributed by atoms with Crippen LogP contribution < -0.4 is 0 Å². The molecular formula is C17H27NO2. The molecule has 1 aliphatic heterocycles. The first kappa shape index (κ1) is 14.1. The minimum atomic E-state index is 0.0292. The molecule has 0 unspecified atom stereocenters. The second kappa shape index (κ2) is 4.87. The molecule has 3 fully saturated rings. The van der Waals surface area contributed by atoms with Gasteiger partial charge in [0.25, 0.3) is 0 Å². The van der Waals surface area contributed by atoms with Crippen LogP contribution in [0.4, 0.5) is 0 Å². The van der Waals surface area contributed by atoms with Crippen molar-refractivity contribution in [2.45, 2.75) is 45.1 Å². The molecule has 3 nitrogen and oxygen atoms in total. The van der Waals surface area contributed by atoms with E-state index in [0.29, 0.717) is 17.3 Å². The Labute approximate surface area is 122 Å². The molecule has 3 heteroatoms. The number of rotatable bonds is 2. The van der Waals surface area contributed by atoms with Crippen LogP contribution in [0, 0.1) is 23.2 Å². The number of hydrogen-bond acceptors (Lipinski definition) is 3. The molecule has 0 radical (unpaired) electrons. The molecule has 1 heterocycles. The van der Waals surface area contributed by atoms with Gasteiger partial charge in [-0.1, -0.05) is 19.1 Å². The van der Waals surface area contributed by atoms with Gasteiger partial charge in [-0.3, -0.25) is 4.79 Å². The van der Waals surface area contributed by atoms with Gasteiger partial charge in [0.15, 0.2) is 0 Å². The first-order valence-corrected chi connectivity index (χ1v) is 7.93. The molecule has 3 aliphatic rings. The Morgan fingerprint density at radius 3 is 2.90 bits per heavy atom. The lowest BCUT2D eigenvalue weighted by Gasteiger charge is -2.50. The number of hydrogen-bond donors (Lipinski definition) is 0. The van der Waals surface area contributed by atoms with Gasteiger partial charge in [-0.2, -0.15) is 0 Å².